The quantitative estimate of drug-likeness (QED) is 0.520. The normalized spacial score (nSPS) is 28.4. The van der Waals surface area contributed by atoms with Crippen molar-refractivity contribution in [3.63, 3.8) is 0 Å². The van der Waals surface area contributed by atoms with Crippen LogP contribution in [0.1, 0.15) is 27.2 Å². The third-order valence-electron chi connectivity index (χ3n) is 1.90. The molecule has 12 heavy (non-hydrogen) atoms. The third kappa shape index (κ3) is 2.07. The number of carbonyl (C=O) groups excluding carboxylic acids is 1. The molecule has 1 atom stereocenters. The van der Waals surface area contributed by atoms with Crippen molar-refractivity contribution in [2.45, 2.75) is 32.4 Å². The van der Waals surface area contributed by atoms with Gasteiger partial charge in [0.1, 0.15) is 0 Å². The molecule has 0 amide bonds. The summed E-state index contributed by atoms with van der Waals surface area (Å²) in [6.45, 7) is 6.21. The molecule has 1 heterocycles. The van der Waals surface area contributed by atoms with Gasteiger partial charge in [0.2, 0.25) is 5.12 Å². The smallest absolute Gasteiger partial charge is 0.216 e. The van der Waals surface area contributed by atoms with E-state index in [4.69, 9.17) is 0 Å². The monoisotopic (exact) mass is 202 g/mol. The van der Waals surface area contributed by atoms with Crippen LogP contribution >= 0.6 is 24.4 Å². The van der Waals surface area contributed by atoms with E-state index >= 15 is 0 Å². The summed E-state index contributed by atoms with van der Waals surface area (Å²) >= 11 is 5.79. The minimum Gasteiger partial charge on any atom is -0.282 e. The van der Waals surface area contributed by atoms with Gasteiger partial charge >= 0.3 is 0 Å². The Hall–Kier alpha value is 0.110. The summed E-state index contributed by atoms with van der Waals surface area (Å²) in [5.74, 6) is 0.373. The molecule has 1 aliphatic rings. The lowest BCUT2D eigenvalue weighted by molar-refractivity contribution is -0.107. The van der Waals surface area contributed by atoms with Gasteiger partial charge in [0, 0.05) is 10.8 Å². The lowest BCUT2D eigenvalue weighted by Gasteiger charge is -2.06. The zero-order valence-electron chi connectivity index (χ0n) is 7.63. The number of thioether (sulfide) groups is 1. The van der Waals surface area contributed by atoms with E-state index in [1.807, 2.05) is 0 Å². The highest BCUT2D eigenvalue weighted by atomic mass is 32.2. The molecule has 3 heteroatoms. The van der Waals surface area contributed by atoms with Gasteiger partial charge in [-0.1, -0.05) is 32.5 Å². The first kappa shape index (κ1) is 10.2. The van der Waals surface area contributed by atoms with Gasteiger partial charge in [-0.15, -0.1) is 12.6 Å². The van der Waals surface area contributed by atoms with Crippen molar-refractivity contribution in [1.82, 2.24) is 0 Å². The van der Waals surface area contributed by atoms with Gasteiger partial charge in [-0.2, -0.15) is 0 Å². The van der Waals surface area contributed by atoms with Crippen LogP contribution in [0.5, 0.6) is 0 Å². The Balaban J connectivity index is 2.88. The van der Waals surface area contributed by atoms with Crippen LogP contribution in [0, 0.1) is 5.92 Å². The molecule has 0 radical (unpaired) electrons. The van der Waals surface area contributed by atoms with E-state index in [0.717, 1.165) is 16.9 Å². The Morgan fingerprint density at radius 3 is 2.58 bits per heavy atom. The van der Waals surface area contributed by atoms with Crippen molar-refractivity contribution in [3.05, 3.63) is 10.5 Å². The van der Waals surface area contributed by atoms with Gasteiger partial charge in [-0.25, -0.2) is 0 Å². The molecule has 1 fully saturated rings. The fourth-order valence-electron chi connectivity index (χ4n) is 1.22. The largest absolute Gasteiger partial charge is 0.282 e. The van der Waals surface area contributed by atoms with Gasteiger partial charge in [0.25, 0.3) is 0 Å². The molecule has 0 aliphatic carbocycles. The molecular formula is C9H14OS2. The topological polar surface area (TPSA) is 17.1 Å². The fraction of sp³-hybridized carbons (Fsp3) is 0.667. The van der Waals surface area contributed by atoms with Crippen molar-refractivity contribution in [1.29, 1.82) is 0 Å². The second-order valence-corrected chi connectivity index (χ2v) is 5.33. The van der Waals surface area contributed by atoms with Crippen LogP contribution in [-0.4, -0.2) is 10.4 Å². The molecule has 1 aliphatic heterocycles. The molecule has 0 bridgehead atoms. The lowest BCUT2D eigenvalue weighted by Crippen LogP contribution is -1.97. The van der Waals surface area contributed by atoms with Crippen LogP contribution in [-0.2, 0) is 4.79 Å². The van der Waals surface area contributed by atoms with E-state index in [1.54, 1.807) is 0 Å². The minimum atomic E-state index is 0.223. The number of allylic oxidation sites excluding steroid dienone is 1. The van der Waals surface area contributed by atoms with Crippen molar-refractivity contribution < 1.29 is 4.79 Å². The second-order valence-electron chi connectivity index (χ2n) is 3.44. The highest BCUT2D eigenvalue weighted by Gasteiger charge is 2.27. The van der Waals surface area contributed by atoms with Crippen LogP contribution < -0.4 is 0 Å². The third-order valence-corrected chi connectivity index (χ3v) is 3.72. The summed E-state index contributed by atoms with van der Waals surface area (Å²) in [7, 11) is 0. The van der Waals surface area contributed by atoms with Crippen molar-refractivity contribution in [3.8, 4) is 0 Å². The number of carbonyl (C=O) groups is 1. The van der Waals surface area contributed by atoms with E-state index in [1.165, 1.54) is 11.8 Å². The SMILES string of the molecule is CC1C/C(=C(/S)C(C)C)C(=O)S1. The molecule has 68 valence electrons. The number of rotatable bonds is 1. The van der Waals surface area contributed by atoms with E-state index in [-0.39, 0.29) is 5.12 Å². The summed E-state index contributed by atoms with van der Waals surface area (Å²) in [4.78, 5) is 12.4. The van der Waals surface area contributed by atoms with Crippen LogP contribution in [0.25, 0.3) is 0 Å². The van der Waals surface area contributed by atoms with Crippen molar-refractivity contribution in [2.24, 2.45) is 5.92 Å². The molecule has 0 N–H and O–H groups in total. The second kappa shape index (κ2) is 3.88. The van der Waals surface area contributed by atoms with Crippen LogP contribution in [0.4, 0.5) is 0 Å². The Morgan fingerprint density at radius 1 is 1.67 bits per heavy atom. The molecule has 0 aromatic heterocycles. The summed E-state index contributed by atoms with van der Waals surface area (Å²) in [6, 6.07) is 0. The van der Waals surface area contributed by atoms with Gasteiger partial charge in [0.05, 0.1) is 0 Å². The van der Waals surface area contributed by atoms with Gasteiger partial charge in [-0.05, 0) is 17.2 Å². The first-order valence-electron chi connectivity index (χ1n) is 4.15. The highest BCUT2D eigenvalue weighted by molar-refractivity contribution is 8.15. The maximum atomic E-state index is 11.4. The molecular weight excluding hydrogens is 188 g/mol. The van der Waals surface area contributed by atoms with E-state index < -0.39 is 0 Å². The Bertz CT molecular complexity index is 231. The lowest BCUT2D eigenvalue weighted by atomic mass is 10.1. The van der Waals surface area contributed by atoms with Gasteiger partial charge in [-0.3, -0.25) is 4.79 Å². The zero-order valence-corrected chi connectivity index (χ0v) is 9.34. The molecule has 0 saturated carbocycles. The van der Waals surface area contributed by atoms with Gasteiger partial charge < -0.3 is 0 Å². The average molecular weight is 202 g/mol. The minimum absolute atomic E-state index is 0.223. The molecule has 0 aromatic rings. The van der Waals surface area contributed by atoms with Crippen LogP contribution in [0.2, 0.25) is 0 Å². The number of thiol groups is 1. The molecule has 0 spiro atoms. The Morgan fingerprint density at radius 2 is 2.25 bits per heavy atom. The molecule has 1 saturated heterocycles. The molecule has 1 rings (SSSR count). The van der Waals surface area contributed by atoms with Gasteiger partial charge in [0.15, 0.2) is 0 Å². The Labute approximate surface area is 83.4 Å². The fourth-order valence-corrected chi connectivity index (χ4v) is 2.44. The van der Waals surface area contributed by atoms with E-state index in [2.05, 4.69) is 33.4 Å². The maximum Gasteiger partial charge on any atom is 0.216 e. The van der Waals surface area contributed by atoms with Crippen molar-refractivity contribution in [2.75, 3.05) is 0 Å². The first-order valence-corrected chi connectivity index (χ1v) is 5.48. The Kier molecular flexibility index (Phi) is 3.29. The summed E-state index contributed by atoms with van der Waals surface area (Å²) in [5, 5.41) is 0.662. The zero-order chi connectivity index (χ0) is 9.30. The predicted octanol–water partition coefficient (Wildman–Crippen LogP) is 2.88. The highest BCUT2D eigenvalue weighted by Crippen LogP contribution is 2.36. The van der Waals surface area contributed by atoms with Crippen molar-refractivity contribution >= 4 is 29.5 Å². The summed E-state index contributed by atoms with van der Waals surface area (Å²) in [6.07, 6.45) is 0.889. The summed E-state index contributed by atoms with van der Waals surface area (Å²) in [5.41, 5.74) is 0.936. The number of hydrogen-bond donors (Lipinski definition) is 1. The average Bonchev–Trinajstić information content (AvgIpc) is 2.28. The van der Waals surface area contributed by atoms with Crippen LogP contribution in [0.15, 0.2) is 10.5 Å². The molecule has 1 unspecified atom stereocenters. The number of hydrogen-bond acceptors (Lipinski definition) is 3. The first-order chi connectivity index (χ1) is 5.52. The standard InChI is InChI=1S/C9H14OS2/c1-5(2)8(11)7-4-6(3)12-9(7)10/h5-6,11H,4H2,1-3H3/b8-7-. The van der Waals surface area contributed by atoms with Crippen LogP contribution in [0.3, 0.4) is 0 Å². The maximum absolute atomic E-state index is 11.4. The molecule has 1 nitrogen and oxygen atoms in total. The van der Waals surface area contributed by atoms with E-state index in [0.29, 0.717) is 11.2 Å². The molecule has 0 aromatic carbocycles. The van der Waals surface area contributed by atoms with E-state index in [9.17, 15) is 4.79 Å². The summed E-state index contributed by atoms with van der Waals surface area (Å²) < 4.78 is 0. The predicted molar refractivity (Wildman–Crippen MR) is 57.5 cm³/mol.